The van der Waals surface area contributed by atoms with Crippen molar-refractivity contribution in [3.8, 4) is 0 Å². The predicted octanol–water partition coefficient (Wildman–Crippen LogP) is 3.27. The number of nitrogens with one attached hydrogen (secondary N) is 1. The van der Waals surface area contributed by atoms with Crippen molar-refractivity contribution in [1.82, 2.24) is 15.3 Å². The summed E-state index contributed by atoms with van der Waals surface area (Å²) in [6.07, 6.45) is 0.184. The first-order chi connectivity index (χ1) is 11.8. The molecule has 25 heavy (non-hydrogen) atoms. The van der Waals surface area contributed by atoms with Crippen molar-refractivity contribution < 1.29 is 18.0 Å². The summed E-state index contributed by atoms with van der Waals surface area (Å²) in [4.78, 5) is 21.9. The molecule has 1 amide bonds. The van der Waals surface area contributed by atoms with Crippen LogP contribution in [-0.4, -0.2) is 35.0 Å². The van der Waals surface area contributed by atoms with Crippen LogP contribution in [0.4, 0.5) is 19.0 Å². The lowest BCUT2D eigenvalue weighted by atomic mass is 10.2. The van der Waals surface area contributed by atoms with Gasteiger partial charge < -0.3 is 10.2 Å². The maximum Gasteiger partial charge on any atom is 0.417 e. The van der Waals surface area contributed by atoms with E-state index in [1.165, 1.54) is 12.3 Å². The van der Waals surface area contributed by atoms with Gasteiger partial charge in [-0.3, -0.25) is 9.78 Å². The molecule has 1 N–H and O–H groups in total. The van der Waals surface area contributed by atoms with Gasteiger partial charge in [-0.15, -0.1) is 0 Å². The quantitative estimate of drug-likeness (QED) is 0.837. The number of aromatic nitrogens is 2. The first-order valence-electron chi connectivity index (χ1n) is 7.52. The molecule has 0 aliphatic carbocycles. The van der Waals surface area contributed by atoms with Gasteiger partial charge in [-0.2, -0.15) is 13.2 Å². The van der Waals surface area contributed by atoms with Crippen molar-refractivity contribution >= 4 is 27.7 Å². The van der Waals surface area contributed by atoms with E-state index in [-0.39, 0.29) is 11.9 Å². The van der Waals surface area contributed by atoms with Gasteiger partial charge in [0.15, 0.2) is 0 Å². The van der Waals surface area contributed by atoms with Crippen LogP contribution in [0, 0.1) is 0 Å². The van der Waals surface area contributed by atoms with Crippen LogP contribution in [0.5, 0.6) is 0 Å². The first-order valence-corrected chi connectivity index (χ1v) is 8.32. The van der Waals surface area contributed by atoms with E-state index in [9.17, 15) is 18.0 Å². The molecule has 3 heterocycles. The lowest BCUT2D eigenvalue weighted by Gasteiger charge is -2.18. The number of alkyl halides is 3. The third-order valence-electron chi connectivity index (χ3n) is 3.89. The fourth-order valence-corrected chi connectivity index (χ4v) is 3.00. The Labute approximate surface area is 150 Å². The molecule has 0 unspecified atom stereocenters. The van der Waals surface area contributed by atoms with Gasteiger partial charge in [-0.1, -0.05) is 0 Å². The molecule has 0 radical (unpaired) electrons. The smallest absolute Gasteiger partial charge is 0.354 e. The van der Waals surface area contributed by atoms with Gasteiger partial charge in [0.25, 0.3) is 5.91 Å². The van der Waals surface area contributed by atoms with Gasteiger partial charge in [-0.25, -0.2) is 4.98 Å². The molecule has 2 aromatic heterocycles. The minimum absolute atomic E-state index is 0.101. The summed E-state index contributed by atoms with van der Waals surface area (Å²) in [6, 6.07) is 3.94. The van der Waals surface area contributed by atoms with Crippen molar-refractivity contribution in [3.63, 3.8) is 0 Å². The van der Waals surface area contributed by atoms with Crippen LogP contribution in [0.25, 0.3) is 0 Å². The number of pyridine rings is 2. The molecule has 2 aromatic rings. The molecule has 9 heteroatoms. The number of carbonyl (C=O) groups is 1. The Balaban J connectivity index is 1.61. The van der Waals surface area contributed by atoms with Crippen LogP contribution in [0.15, 0.2) is 41.3 Å². The Bertz CT molecular complexity index is 767. The Morgan fingerprint density at radius 2 is 2.08 bits per heavy atom. The highest BCUT2D eigenvalue weighted by molar-refractivity contribution is 9.10. The standard InChI is InChI=1S/C16H14BrF3N4O/c17-12-5-10(6-21-8-12)15(25)23-13-3-4-24(9-13)14-2-1-11(7-22-14)16(18,19)20/h1-2,5-8,13H,3-4,9H2,(H,23,25)/t13-/m1/s1. The fourth-order valence-electron chi connectivity index (χ4n) is 2.63. The van der Waals surface area contributed by atoms with Gasteiger partial charge >= 0.3 is 6.18 Å². The Hall–Kier alpha value is -2.16. The minimum Gasteiger partial charge on any atom is -0.354 e. The molecule has 0 bridgehead atoms. The summed E-state index contributed by atoms with van der Waals surface area (Å²) in [5.74, 6) is 0.231. The number of rotatable bonds is 3. The van der Waals surface area contributed by atoms with Crippen LogP contribution in [0.2, 0.25) is 0 Å². The number of hydrogen-bond acceptors (Lipinski definition) is 4. The third-order valence-corrected chi connectivity index (χ3v) is 4.32. The summed E-state index contributed by atoms with van der Waals surface area (Å²) in [5.41, 5.74) is -0.331. The highest BCUT2D eigenvalue weighted by Gasteiger charge is 2.31. The summed E-state index contributed by atoms with van der Waals surface area (Å²) in [7, 11) is 0. The molecule has 1 fully saturated rings. The van der Waals surface area contributed by atoms with E-state index < -0.39 is 11.7 Å². The predicted molar refractivity (Wildman–Crippen MR) is 89.3 cm³/mol. The molecule has 0 saturated carbocycles. The van der Waals surface area contributed by atoms with Gasteiger partial charge in [0.1, 0.15) is 5.82 Å². The van der Waals surface area contributed by atoms with E-state index in [4.69, 9.17) is 0 Å². The van der Waals surface area contributed by atoms with Gasteiger partial charge in [0.2, 0.25) is 0 Å². The van der Waals surface area contributed by atoms with E-state index in [0.29, 0.717) is 35.4 Å². The molecule has 1 aliphatic heterocycles. The lowest BCUT2D eigenvalue weighted by molar-refractivity contribution is -0.137. The summed E-state index contributed by atoms with van der Waals surface area (Å²) >= 11 is 3.26. The lowest BCUT2D eigenvalue weighted by Crippen LogP contribution is -2.37. The molecule has 3 rings (SSSR count). The number of anilines is 1. The number of nitrogens with zero attached hydrogens (tertiary/aromatic N) is 3. The van der Waals surface area contributed by atoms with Crippen molar-refractivity contribution in [2.45, 2.75) is 18.6 Å². The van der Waals surface area contributed by atoms with Crippen LogP contribution >= 0.6 is 15.9 Å². The largest absolute Gasteiger partial charge is 0.417 e. The van der Waals surface area contributed by atoms with E-state index in [1.807, 2.05) is 4.90 Å². The molecule has 1 aliphatic rings. The van der Waals surface area contributed by atoms with Crippen LogP contribution in [-0.2, 0) is 6.18 Å². The normalized spacial score (nSPS) is 17.6. The Morgan fingerprint density at radius 1 is 1.28 bits per heavy atom. The fraction of sp³-hybridized carbons (Fsp3) is 0.312. The van der Waals surface area contributed by atoms with Crippen LogP contribution in [0.1, 0.15) is 22.3 Å². The minimum atomic E-state index is -4.40. The Kier molecular flexibility index (Phi) is 4.94. The molecular weight excluding hydrogens is 401 g/mol. The number of halogens is 4. The molecular formula is C16H14BrF3N4O. The Morgan fingerprint density at radius 3 is 2.72 bits per heavy atom. The van der Waals surface area contributed by atoms with Gasteiger partial charge in [0, 0.05) is 42.2 Å². The topological polar surface area (TPSA) is 58.1 Å². The second-order valence-corrected chi connectivity index (χ2v) is 6.62. The zero-order chi connectivity index (χ0) is 18.0. The van der Waals surface area contributed by atoms with E-state index in [0.717, 1.165) is 12.3 Å². The SMILES string of the molecule is O=C(N[C@@H]1CCN(c2ccc(C(F)(F)F)cn2)C1)c1cncc(Br)c1. The van der Waals surface area contributed by atoms with E-state index in [1.54, 1.807) is 12.3 Å². The summed E-state index contributed by atoms with van der Waals surface area (Å²) < 4.78 is 38.5. The van der Waals surface area contributed by atoms with Crippen molar-refractivity contribution in [2.24, 2.45) is 0 Å². The first kappa shape index (κ1) is 17.7. The van der Waals surface area contributed by atoms with Gasteiger partial charge in [-0.05, 0) is 40.5 Å². The molecule has 1 saturated heterocycles. The second kappa shape index (κ2) is 6.99. The molecule has 132 valence electrons. The number of hydrogen-bond donors (Lipinski definition) is 1. The van der Waals surface area contributed by atoms with Crippen molar-refractivity contribution in [2.75, 3.05) is 18.0 Å². The van der Waals surface area contributed by atoms with Gasteiger partial charge in [0.05, 0.1) is 11.1 Å². The van der Waals surface area contributed by atoms with E-state index >= 15 is 0 Å². The maximum absolute atomic E-state index is 12.6. The zero-order valence-electron chi connectivity index (χ0n) is 12.9. The molecule has 5 nitrogen and oxygen atoms in total. The van der Waals surface area contributed by atoms with Crippen molar-refractivity contribution in [3.05, 3.63) is 52.4 Å². The maximum atomic E-state index is 12.6. The monoisotopic (exact) mass is 414 g/mol. The van der Waals surface area contributed by atoms with Crippen LogP contribution < -0.4 is 10.2 Å². The highest BCUT2D eigenvalue weighted by Crippen LogP contribution is 2.29. The second-order valence-electron chi connectivity index (χ2n) is 5.70. The summed E-state index contributed by atoms with van der Waals surface area (Å²) in [5, 5.41) is 2.91. The highest BCUT2D eigenvalue weighted by atomic mass is 79.9. The average Bonchev–Trinajstić information content (AvgIpc) is 3.02. The molecule has 1 atom stereocenters. The third kappa shape index (κ3) is 4.28. The van der Waals surface area contributed by atoms with Crippen LogP contribution in [0.3, 0.4) is 0 Å². The number of carbonyl (C=O) groups excluding carboxylic acids is 1. The molecule has 0 spiro atoms. The molecule has 0 aromatic carbocycles. The number of amides is 1. The zero-order valence-corrected chi connectivity index (χ0v) is 14.5. The summed E-state index contributed by atoms with van der Waals surface area (Å²) in [6.45, 7) is 1.10. The van der Waals surface area contributed by atoms with E-state index in [2.05, 4.69) is 31.2 Å². The average molecular weight is 415 g/mol. The van der Waals surface area contributed by atoms with Crippen molar-refractivity contribution in [1.29, 1.82) is 0 Å².